The maximum Gasteiger partial charge on any atom is 0.227 e. The normalized spacial score (nSPS) is 19.8. The van der Waals surface area contributed by atoms with Crippen molar-refractivity contribution in [1.82, 2.24) is 4.90 Å². The van der Waals surface area contributed by atoms with E-state index >= 15 is 0 Å². The van der Waals surface area contributed by atoms with Crippen LogP contribution in [-0.2, 0) is 34.0 Å². The zero-order valence-electron chi connectivity index (χ0n) is 21.1. The number of aryl methyl sites for hydroxylation is 3. The standard InChI is InChI=1S/C29H36N2O3S/c1-21-10-14-25(15-11-21)35(33,34)27-9-5-8-26(27)28(32)31(17-16-29(2,3)20-30)19-22-12-13-23-6-4-7-24(23)18-22/h10-15,18,26-27H,4-9,16-17,19H2,1-3H3/t26-,27-/m1/s1. The number of hydrogen-bond acceptors (Lipinski definition) is 4. The van der Waals surface area contributed by atoms with Gasteiger partial charge in [-0.25, -0.2) is 8.42 Å². The van der Waals surface area contributed by atoms with Crippen LogP contribution in [0, 0.1) is 29.6 Å². The molecular weight excluding hydrogens is 456 g/mol. The predicted octanol–water partition coefficient (Wildman–Crippen LogP) is 5.39. The van der Waals surface area contributed by atoms with Crippen LogP contribution in [0.3, 0.4) is 0 Å². The van der Waals surface area contributed by atoms with Crippen molar-refractivity contribution in [3.63, 3.8) is 0 Å². The molecule has 1 saturated carbocycles. The molecule has 0 bridgehead atoms. The van der Waals surface area contributed by atoms with Gasteiger partial charge in [0.1, 0.15) is 0 Å². The minimum Gasteiger partial charge on any atom is -0.338 e. The van der Waals surface area contributed by atoms with E-state index < -0.39 is 26.4 Å². The fourth-order valence-electron chi connectivity index (χ4n) is 5.40. The minimum absolute atomic E-state index is 0.0996. The summed E-state index contributed by atoms with van der Waals surface area (Å²) in [5.74, 6) is -0.654. The number of carbonyl (C=O) groups is 1. The number of fused-ring (bicyclic) bond motifs is 1. The topological polar surface area (TPSA) is 78.2 Å². The van der Waals surface area contributed by atoms with Crippen molar-refractivity contribution in [2.75, 3.05) is 6.54 Å². The summed E-state index contributed by atoms with van der Waals surface area (Å²) < 4.78 is 27.0. The van der Waals surface area contributed by atoms with Crippen LogP contribution < -0.4 is 0 Å². The average Bonchev–Trinajstić information content (AvgIpc) is 3.51. The van der Waals surface area contributed by atoms with Crippen LogP contribution in [0.4, 0.5) is 0 Å². The second kappa shape index (κ2) is 10.1. The van der Waals surface area contributed by atoms with E-state index in [0.717, 1.165) is 30.4 Å². The molecule has 2 aromatic carbocycles. The lowest BCUT2D eigenvalue weighted by Gasteiger charge is -2.30. The second-order valence-corrected chi connectivity index (χ2v) is 13.1. The van der Waals surface area contributed by atoms with Gasteiger partial charge in [0.2, 0.25) is 5.91 Å². The molecule has 35 heavy (non-hydrogen) atoms. The van der Waals surface area contributed by atoms with Crippen LogP contribution in [-0.4, -0.2) is 31.0 Å². The number of amides is 1. The quantitative estimate of drug-likeness (QED) is 0.495. The Hall–Kier alpha value is -2.65. The molecule has 5 nitrogen and oxygen atoms in total. The van der Waals surface area contributed by atoms with Crippen molar-refractivity contribution >= 4 is 15.7 Å². The van der Waals surface area contributed by atoms with Gasteiger partial charge in [-0.3, -0.25) is 4.79 Å². The highest BCUT2D eigenvalue weighted by molar-refractivity contribution is 7.92. The summed E-state index contributed by atoms with van der Waals surface area (Å²) >= 11 is 0. The molecule has 4 rings (SSSR count). The summed E-state index contributed by atoms with van der Waals surface area (Å²) in [4.78, 5) is 16.0. The average molecular weight is 493 g/mol. The summed E-state index contributed by atoms with van der Waals surface area (Å²) in [5, 5.41) is 8.81. The first kappa shape index (κ1) is 25.4. The lowest BCUT2D eigenvalue weighted by Crippen LogP contribution is -2.42. The lowest BCUT2D eigenvalue weighted by atomic mass is 9.91. The lowest BCUT2D eigenvalue weighted by molar-refractivity contribution is -0.136. The summed E-state index contributed by atoms with van der Waals surface area (Å²) in [7, 11) is -3.61. The molecular formula is C29H36N2O3S. The van der Waals surface area contributed by atoms with Crippen molar-refractivity contribution in [2.45, 2.75) is 82.4 Å². The van der Waals surface area contributed by atoms with Crippen LogP contribution in [0.2, 0.25) is 0 Å². The van der Waals surface area contributed by atoms with Gasteiger partial charge in [-0.15, -0.1) is 0 Å². The van der Waals surface area contributed by atoms with Gasteiger partial charge in [0.05, 0.1) is 27.5 Å². The number of nitriles is 1. The first-order valence-corrected chi connectivity index (χ1v) is 14.3. The Morgan fingerprint density at radius 1 is 1.06 bits per heavy atom. The molecule has 186 valence electrons. The second-order valence-electron chi connectivity index (χ2n) is 10.9. The fourth-order valence-corrected chi connectivity index (χ4v) is 7.43. The molecule has 6 heteroatoms. The van der Waals surface area contributed by atoms with E-state index in [2.05, 4.69) is 24.3 Å². The van der Waals surface area contributed by atoms with E-state index in [0.29, 0.717) is 37.2 Å². The summed E-state index contributed by atoms with van der Waals surface area (Å²) in [5.41, 5.74) is 4.26. The highest BCUT2D eigenvalue weighted by Crippen LogP contribution is 2.37. The van der Waals surface area contributed by atoms with Crippen LogP contribution in [0.15, 0.2) is 47.4 Å². The van der Waals surface area contributed by atoms with Crippen molar-refractivity contribution in [1.29, 1.82) is 5.26 Å². The molecule has 2 aliphatic carbocycles. The van der Waals surface area contributed by atoms with Gasteiger partial charge in [0.25, 0.3) is 0 Å². The maximum atomic E-state index is 13.9. The molecule has 2 atom stereocenters. The third kappa shape index (κ3) is 5.62. The first-order valence-electron chi connectivity index (χ1n) is 12.7. The summed E-state index contributed by atoms with van der Waals surface area (Å²) in [6.07, 6.45) is 5.69. The first-order chi connectivity index (χ1) is 16.6. The van der Waals surface area contributed by atoms with Crippen molar-refractivity contribution in [2.24, 2.45) is 11.3 Å². The van der Waals surface area contributed by atoms with Crippen LogP contribution in [0.5, 0.6) is 0 Å². The van der Waals surface area contributed by atoms with E-state index in [1.807, 2.05) is 37.8 Å². The number of hydrogen-bond donors (Lipinski definition) is 0. The third-order valence-electron chi connectivity index (χ3n) is 7.68. The van der Waals surface area contributed by atoms with E-state index in [1.54, 1.807) is 12.1 Å². The highest BCUT2D eigenvalue weighted by Gasteiger charge is 2.43. The summed E-state index contributed by atoms with van der Waals surface area (Å²) in [6, 6.07) is 15.7. The number of sulfone groups is 1. The van der Waals surface area contributed by atoms with Crippen molar-refractivity contribution in [3.05, 3.63) is 64.7 Å². The molecule has 0 radical (unpaired) electrons. The zero-order chi connectivity index (χ0) is 25.2. The Kier molecular flexibility index (Phi) is 7.38. The fraction of sp³-hybridized carbons (Fsp3) is 0.517. The molecule has 0 spiro atoms. The van der Waals surface area contributed by atoms with Crippen molar-refractivity contribution < 1.29 is 13.2 Å². The van der Waals surface area contributed by atoms with Gasteiger partial charge >= 0.3 is 0 Å². The van der Waals surface area contributed by atoms with E-state index in [9.17, 15) is 18.5 Å². The van der Waals surface area contributed by atoms with Gasteiger partial charge in [-0.2, -0.15) is 5.26 Å². The SMILES string of the molecule is Cc1ccc(S(=O)(=O)[C@@H]2CCC[C@H]2C(=O)N(CCC(C)(C)C#N)Cc2ccc3c(c2)CCC3)cc1. The Morgan fingerprint density at radius 2 is 1.77 bits per heavy atom. The predicted molar refractivity (Wildman–Crippen MR) is 137 cm³/mol. The summed E-state index contributed by atoms with van der Waals surface area (Å²) in [6.45, 7) is 6.57. The van der Waals surface area contributed by atoms with Gasteiger partial charge in [0.15, 0.2) is 9.84 Å². The van der Waals surface area contributed by atoms with Gasteiger partial charge in [0, 0.05) is 13.1 Å². The molecule has 0 aromatic heterocycles. The van der Waals surface area contributed by atoms with E-state index in [4.69, 9.17) is 0 Å². The Balaban J connectivity index is 1.59. The molecule has 0 N–H and O–H groups in total. The molecule has 0 aliphatic heterocycles. The van der Waals surface area contributed by atoms with Gasteiger partial charge in [-0.1, -0.05) is 42.3 Å². The van der Waals surface area contributed by atoms with Gasteiger partial charge in [-0.05, 0) is 88.1 Å². The monoisotopic (exact) mass is 492 g/mol. The molecule has 1 amide bonds. The third-order valence-corrected chi connectivity index (χ3v) is 9.97. The molecule has 1 fully saturated rings. The molecule has 0 saturated heterocycles. The number of rotatable bonds is 8. The molecule has 2 aliphatic rings. The van der Waals surface area contributed by atoms with E-state index in [1.165, 1.54) is 17.5 Å². The smallest absolute Gasteiger partial charge is 0.227 e. The zero-order valence-corrected chi connectivity index (χ0v) is 21.9. The molecule has 0 heterocycles. The van der Waals surface area contributed by atoms with Crippen LogP contribution >= 0.6 is 0 Å². The Morgan fingerprint density at radius 3 is 2.49 bits per heavy atom. The van der Waals surface area contributed by atoms with Crippen LogP contribution in [0.25, 0.3) is 0 Å². The number of carbonyl (C=O) groups excluding carboxylic acids is 1. The van der Waals surface area contributed by atoms with Crippen molar-refractivity contribution in [3.8, 4) is 6.07 Å². The highest BCUT2D eigenvalue weighted by atomic mass is 32.2. The molecule has 2 aromatic rings. The van der Waals surface area contributed by atoms with E-state index in [-0.39, 0.29) is 5.91 Å². The van der Waals surface area contributed by atoms with Gasteiger partial charge < -0.3 is 4.90 Å². The van der Waals surface area contributed by atoms with Crippen LogP contribution in [0.1, 0.15) is 68.2 Å². The Bertz CT molecular complexity index is 1230. The Labute approximate surface area is 210 Å². The number of nitrogens with zero attached hydrogens (tertiary/aromatic N) is 2. The largest absolute Gasteiger partial charge is 0.338 e. The molecule has 0 unspecified atom stereocenters. The number of benzene rings is 2. The maximum absolute atomic E-state index is 13.9. The minimum atomic E-state index is -3.61.